The third-order valence-corrected chi connectivity index (χ3v) is 2.50. The summed E-state index contributed by atoms with van der Waals surface area (Å²) in [4.78, 5) is 41.4. The molecule has 0 bridgehead atoms. The minimum absolute atomic E-state index is 0.179. The summed E-state index contributed by atoms with van der Waals surface area (Å²) in [5, 5.41) is 0. The van der Waals surface area contributed by atoms with Crippen LogP contribution in [-0.2, 0) is 4.79 Å². The molecule has 1 aliphatic rings. The van der Waals surface area contributed by atoms with E-state index in [9.17, 15) is 14.4 Å². The van der Waals surface area contributed by atoms with Gasteiger partial charge in [-0.1, -0.05) is 0 Å². The molecule has 0 aromatic carbocycles. The highest BCUT2D eigenvalue weighted by molar-refractivity contribution is 5.93. The third-order valence-electron chi connectivity index (χ3n) is 2.50. The van der Waals surface area contributed by atoms with Crippen LogP contribution >= 0.6 is 0 Å². The van der Waals surface area contributed by atoms with Crippen LogP contribution in [0.4, 0.5) is 0 Å². The standard InChI is InChI=1S/C10H11N3O3/c14-7-1-3-13(4-2-7)10(16)8-5-12-9(15)6-11-8/h5-6H,1-4H2,(H,12,15). The lowest BCUT2D eigenvalue weighted by Gasteiger charge is -2.25. The second kappa shape index (κ2) is 4.26. The molecule has 16 heavy (non-hydrogen) atoms. The Bertz CT molecular complexity index is 450. The summed E-state index contributed by atoms with van der Waals surface area (Å²) in [6.07, 6.45) is 3.16. The smallest absolute Gasteiger partial charge is 0.273 e. The van der Waals surface area contributed by atoms with E-state index in [0.29, 0.717) is 25.9 Å². The molecular formula is C10H11N3O3. The molecule has 1 aliphatic heterocycles. The van der Waals surface area contributed by atoms with E-state index in [1.54, 1.807) is 4.90 Å². The topological polar surface area (TPSA) is 83.1 Å². The number of nitrogens with zero attached hydrogens (tertiary/aromatic N) is 2. The van der Waals surface area contributed by atoms with E-state index in [4.69, 9.17) is 0 Å². The van der Waals surface area contributed by atoms with Gasteiger partial charge in [0.2, 0.25) is 0 Å². The monoisotopic (exact) mass is 221 g/mol. The number of H-pyrrole nitrogens is 1. The molecule has 1 aromatic heterocycles. The van der Waals surface area contributed by atoms with Gasteiger partial charge in [0.15, 0.2) is 0 Å². The molecule has 2 heterocycles. The van der Waals surface area contributed by atoms with Crippen molar-refractivity contribution in [3.63, 3.8) is 0 Å². The molecule has 6 nitrogen and oxygen atoms in total. The lowest BCUT2D eigenvalue weighted by Crippen LogP contribution is -2.39. The summed E-state index contributed by atoms with van der Waals surface area (Å²) in [6.45, 7) is 0.858. The van der Waals surface area contributed by atoms with Gasteiger partial charge in [0.1, 0.15) is 11.5 Å². The van der Waals surface area contributed by atoms with Crippen LogP contribution in [0.3, 0.4) is 0 Å². The Kier molecular flexibility index (Phi) is 2.80. The lowest BCUT2D eigenvalue weighted by molar-refractivity contribution is -0.120. The van der Waals surface area contributed by atoms with Crippen molar-refractivity contribution in [2.75, 3.05) is 13.1 Å². The Labute approximate surface area is 91.3 Å². The minimum atomic E-state index is -0.342. The van der Waals surface area contributed by atoms with Gasteiger partial charge in [-0.05, 0) is 0 Å². The maximum absolute atomic E-state index is 11.8. The molecule has 0 spiro atoms. The SMILES string of the molecule is O=C1CCN(C(=O)c2c[nH]c(=O)cn2)CC1. The van der Waals surface area contributed by atoms with Crippen molar-refractivity contribution in [1.29, 1.82) is 0 Å². The number of Topliss-reactive ketones (excluding diaryl/α,β-unsaturated/α-hetero) is 1. The highest BCUT2D eigenvalue weighted by atomic mass is 16.2. The summed E-state index contributed by atoms with van der Waals surface area (Å²) in [7, 11) is 0. The average Bonchev–Trinajstić information content (AvgIpc) is 2.30. The van der Waals surface area contributed by atoms with Gasteiger partial charge in [-0.2, -0.15) is 0 Å². The molecule has 0 saturated carbocycles. The zero-order valence-corrected chi connectivity index (χ0v) is 8.60. The van der Waals surface area contributed by atoms with Crippen LogP contribution in [0, 0.1) is 0 Å². The molecule has 1 amide bonds. The quantitative estimate of drug-likeness (QED) is 0.697. The van der Waals surface area contributed by atoms with E-state index < -0.39 is 0 Å². The second-order valence-corrected chi connectivity index (χ2v) is 3.63. The van der Waals surface area contributed by atoms with E-state index in [1.807, 2.05) is 0 Å². The molecule has 0 atom stereocenters. The van der Waals surface area contributed by atoms with Crippen molar-refractivity contribution in [2.24, 2.45) is 0 Å². The van der Waals surface area contributed by atoms with Gasteiger partial charge in [-0.25, -0.2) is 4.98 Å². The van der Waals surface area contributed by atoms with Crippen LogP contribution in [0.25, 0.3) is 0 Å². The van der Waals surface area contributed by atoms with E-state index in [0.717, 1.165) is 6.20 Å². The van der Waals surface area contributed by atoms with Crippen LogP contribution in [0.2, 0.25) is 0 Å². The molecule has 2 rings (SSSR count). The van der Waals surface area contributed by atoms with Crippen LogP contribution in [0.1, 0.15) is 23.3 Å². The number of hydrogen-bond donors (Lipinski definition) is 1. The Balaban J connectivity index is 2.10. The zero-order chi connectivity index (χ0) is 11.5. The van der Waals surface area contributed by atoms with Crippen molar-refractivity contribution in [1.82, 2.24) is 14.9 Å². The van der Waals surface area contributed by atoms with Gasteiger partial charge < -0.3 is 9.88 Å². The van der Waals surface area contributed by atoms with E-state index >= 15 is 0 Å². The number of carbonyl (C=O) groups is 2. The number of piperidine rings is 1. The first-order valence-corrected chi connectivity index (χ1v) is 5.02. The van der Waals surface area contributed by atoms with E-state index in [2.05, 4.69) is 9.97 Å². The Hall–Kier alpha value is -1.98. The van der Waals surface area contributed by atoms with Gasteiger partial charge >= 0.3 is 0 Å². The molecule has 0 unspecified atom stereocenters. The fourth-order valence-electron chi connectivity index (χ4n) is 1.58. The average molecular weight is 221 g/mol. The van der Waals surface area contributed by atoms with Crippen molar-refractivity contribution < 1.29 is 9.59 Å². The zero-order valence-electron chi connectivity index (χ0n) is 8.60. The largest absolute Gasteiger partial charge is 0.336 e. The van der Waals surface area contributed by atoms with Crippen LogP contribution < -0.4 is 5.56 Å². The molecule has 1 saturated heterocycles. The summed E-state index contributed by atoms with van der Waals surface area (Å²) in [5.74, 6) is -0.0674. The summed E-state index contributed by atoms with van der Waals surface area (Å²) in [6, 6.07) is 0. The molecule has 1 aromatic rings. The highest BCUT2D eigenvalue weighted by Crippen LogP contribution is 2.08. The van der Waals surface area contributed by atoms with Crippen LogP contribution in [-0.4, -0.2) is 39.6 Å². The molecule has 6 heteroatoms. The minimum Gasteiger partial charge on any atom is -0.336 e. The first-order valence-electron chi connectivity index (χ1n) is 5.02. The molecule has 0 radical (unpaired) electrons. The number of carbonyl (C=O) groups excluding carboxylic acids is 2. The van der Waals surface area contributed by atoms with E-state index in [-0.39, 0.29) is 22.9 Å². The predicted molar refractivity (Wildman–Crippen MR) is 55.0 cm³/mol. The Morgan fingerprint density at radius 2 is 2.00 bits per heavy atom. The van der Waals surface area contributed by atoms with E-state index in [1.165, 1.54) is 6.20 Å². The van der Waals surface area contributed by atoms with Crippen molar-refractivity contribution in [3.8, 4) is 0 Å². The lowest BCUT2D eigenvalue weighted by atomic mass is 10.1. The fourth-order valence-corrected chi connectivity index (χ4v) is 1.58. The number of aromatic nitrogens is 2. The van der Waals surface area contributed by atoms with Gasteiger partial charge in [-0.3, -0.25) is 14.4 Å². The Morgan fingerprint density at radius 1 is 1.31 bits per heavy atom. The third kappa shape index (κ3) is 2.16. The first-order chi connectivity index (χ1) is 7.66. The van der Waals surface area contributed by atoms with Gasteiger partial charge in [-0.15, -0.1) is 0 Å². The molecule has 1 fully saturated rings. The number of aromatic amines is 1. The van der Waals surface area contributed by atoms with Gasteiger partial charge in [0, 0.05) is 32.1 Å². The molecular weight excluding hydrogens is 210 g/mol. The molecule has 0 aliphatic carbocycles. The number of rotatable bonds is 1. The summed E-state index contributed by atoms with van der Waals surface area (Å²) >= 11 is 0. The van der Waals surface area contributed by atoms with Crippen LogP contribution in [0.15, 0.2) is 17.2 Å². The number of nitrogens with one attached hydrogen (secondary N) is 1. The highest BCUT2D eigenvalue weighted by Gasteiger charge is 2.22. The van der Waals surface area contributed by atoms with Gasteiger partial charge in [0.05, 0.1) is 6.20 Å². The maximum atomic E-state index is 11.8. The maximum Gasteiger partial charge on any atom is 0.273 e. The fraction of sp³-hybridized carbons (Fsp3) is 0.400. The number of hydrogen-bond acceptors (Lipinski definition) is 4. The summed E-state index contributed by atoms with van der Waals surface area (Å²) in [5.41, 5.74) is -0.140. The predicted octanol–water partition coefficient (Wildman–Crippen LogP) is -0.425. The normalized spacial score (nSPS) is 16.2. The first kappa shape index (κ1) is 10.5. The number of ketones is 1. The molecule has 84 valence electrons. The van der Waals surface area contributed by atoms with Gasteiger partial charge in [0.25, 0.3) is 11.5 Å². The number of likely N-dealkylation sites (tertiary alicyclic amines) is 1. The summed E-state index contributed by atoms with van der Waals surface area (Å²) < 4.78 is 0. The second-order valence-electron chi connectivity index (χ2n) is 3.63. The molecule has 1 N–H and O–H groups in total. The van der Waals surface area contributed by atoms with Crippen molar-refractivity contribution >= 4 is 11.7 Å². The Morgan fingerprint density at radius 3 is 2.56 bits per heavy atom. The number of amides is 1. The van der Waals surface area contributed by atoms with Crippen LogP contribution in [0.5, 0.6) is 0 Å². The van der Waals surface area contributed by atoms with Crippen molar-refractivity contribution in [2.45, 2.75) is 12.8 Å². The van der Waals surface area contributed by atoms with Crippen molar-refractivity contribution in [3.05, 3.63) is 28.4 Å².